The molecule has 0 spiro atoms. The maximum absolute atomic E-state index is 10.2. The molecule has 0 fully saturated rings. The maximum atomic E-state index is 10.2. The summed E-state index contributed by atoms with van der Waals surface area (Å²) in [5.74, 6) is 0. The summed E-state index contributed by atoms with van der Waals surface area (Å²) in [5.41, 5.74) is 11.1. The Bertz CT molecular complexity index is 872. The third kappa shape index (κ3) is 3.45. The topological polar surface area (TPSA) is 80.9 Å². The molecular formula is C22H30O4P2. The third-order valence-electron chi connectivity index (χ3n) is 6.77. The average Bonchev–Trinajstić information content (AvgIpc) is 2.60. The van der Waals surface area contributed by atoms with Crippen molar-refractivity contribution in [3.8, 4) is 0 Å². The van der Waals surface area contributed by atoms with E-state index in [4.69, 9.17) is 0 Å². The van der Waals surface area contributed by atoms with Crippen LogP contribution in [-0.2, 0) is 25.7 Å². The molecule has 0 radical (unpaired) electrons. The van der Waals surface area contributed by atoms with Crippen LogP contribution in [0.2, 0.25) is 0 Å². The Labute approximate surface area is 170 Å². The van der Waals surface area contributed by atoms with E-state index in [1.807, 2.05) is 13.8 Å². The number of benzene rings is 2. The highest BCUT2D eigenvalue weighted by Gasteiger charge is 2.26. The highest BCUT2D eigenvalue weighted by atomic mass is 31.2. The fourth-order valence-electron chi connectivity index (χ4n) is 4.96. The maximum Gasteiger partial charge on any atom is 0.200 e. The van der Waals surface area contributed by atoms with E-state index in [2.05, 4.69) is 27.7 Å². The smallest absolute Gasteiger partial charge is 0.200 e. The van der Waals surface area contributed by atoms with Gasteiger partial charge in [0.25, 0.3) is 0 Å². The molecule has 4 aliphatic rings. The molecule has 6 heteroatoms. The van der Waals surface area contributed by atoms with E-state index >= 15 is 0 Å². The Hall–Kier alpha value is -0.860. The molecule has 152 valence electrons. The SMILES string of the molecule is Cc1c(C)c2c(P(O)O)c(C)c1CCc1c(C)c(C)c(c(C)c1P(O)O)CC2. The van der Waals surface area contributed by atoms with Crippen LogP contribution in [0.25, 0.3) is 0 Å². The minimum atomic E-state index is -2.17. The minimum absolute atomic E-state index is 0.706. The summed E-state index contributed by atoms with van der Waals surface area (Å²) in [7, 11) is -4.34. The Morgan fingerprint density at radius 2 is 0.679 bits per heavy atom. The van der Waals surface area contributed by atoms with Gasteiger partial charge in [-0.3, -0.25) is 0 Å². The summed E-state index contributed by atoms with van der Waals surface area (Å²) >= 11 is 0. The van der Waals surface area contributed by atoms with Gasteiger partial charge in [-0.25, -0.2) is 0 Å². The highest BCUT2D eigenvalue weighted by Crippen LogP contribution is 2.37. The van der Waals surface area contributed by atoms with Gasteiger partial charge < -0.3 is 19.6 Å². The van der Waals surface area contributed by atoms with Crippen molar-refractivity contribution in [2.45, 2.75) is 67.2 Å². The Morgan fingerprint density at radius 3 is 0.964 bits per heavy atom. The molecule has 0 atom stereocenters. The molecule has 2 aromatic carbocycles. The molecule has 4 N–H and O–H groups in total. The van der Waals surface area contributed by atoms with Crippen LogP contribution in [0.5, 0.6) is 0 Å². The van der Waals surface area contributed by atoms with Gasteiger partial charge in [-0.05, 0) is 123 Å². The molecule has 28 heavy (non-hydrogen) atoms. The van der Waals surface area contributed by atoms with Gasteiger partial charge in [0.15, 0.2) is 16.8 Å². The van der Waals surface area contributed by atoms with E-state index in [0.717, 1.165) is 57.3 Å². The Balaban J connectivity index is 2.33. The summed E-state index contributed by atoms with van der Waals surface area (Å²) in [6.45, 7) is 12.4. The van der Waals surface area contributed by atoms with Crippen molar-refractivity contribution in [2.75, 3.05) is 0 Å². The van der Waals surface area contributed by atoms with Gasteiger partial charge in [-0.15, -0.1) is 0 Å². The van der Waals surface area contributed by atoms with E-state index < -0.39 is 16.8 Å². The second kappa shape index (κ2) is 8.11. The third-order valence-corrected chi connectivity index (χ3v) is 8.78. The Kier molecular flexibility index (Phi) is 6.32. The van der Waals surface area contributed by atoms with Crippen molar-refractivity contribution in [2.24, 2.45) is 0 Å². The first-order chi connectivity index (χ1) is 13.1. The predicted molar refractivity (Wildman–Crippen MR) is 118 cm³/mol. The van der Waals surface area contributed by atoms with Gasteiger partial charge in [-0.2, -0.15) is 0 Å². The van der Waals surface area contributed by atoms with Gasteiger partial charge in [0.1, 0.15) is 0 Å². The molecule has 0 heterocycles. The van der Waals surface area contributed by atoms with Gasteiger partial charge >= 0.3 is 0 Å². The zero-order valence-corrected chi connectivity index (χ0v) is 19.3. The van der Waals surface area contributed by atoms with Crippen molar-refractivity contribution in [3.63, 3.8) is 0 Å². The van der Waals surface area contributed by atoms with E-state index in [0.29, 0.717) is 23.5 Å². The largest absolute Gasteiger partial charge is 0.347 e. The quantitative estimate of drug-likeness (QED) is 0.563. The zero-order chi connectivity index (χ0) is 20.9. The van der Waals surface area contributed by atoms with Gasteiger partial charge in [0.05, 0.1) is 0 Å². The monoisotopic (exact) mass is 420 g/mol. The van der Waals surface area contributed by atoms with Crippen molar-refractivity contribution >= 4 is 27.4 Å². The molecule has 0 unspecified atom stereocenters. The van der Waals surface area contributed by atoms with Crippen molar-refractivity contribution in [1.29, 1.82) is 0 Å². The second-order valence-corrected chi connectivity index (χ2v) is 9.99. The van der Waals surface area contributed by atoms with Crippen LogP contribution in [0.1, 0.15) is 55.6 Å². The second-order valence-electron chi connectivity index (χ2n) is 7.94. The lowest BCUT2D eigenvalue weighted by Crippen LogP contribution is -2.24. The summed E-state index contributed by atoms with van der Waals surface area (Å²) in [6.07, 6.45) is 2.89. The van der Waals surface area contributed by atoms with Crippen LogP contribution < -0.4 is 10.6 Å². The molecule has 4 nitrogen and oxygen atoms in total. The molecule has 0 saturated carbocycles. The first-order valence-electron chi connectivity index (χ1n) is 9.66. The molecule has 0 aromatic heterocycles. The average molecular weight is 420 g/mol. The number of hydrogen-bond donors (Lipinski definition) is 4. The number of hydrogen-bond acceptors (Lipinski definition) is 4. The van der Waals surface area contributed by atoms with E-state index in [9.17, 15) is 19.6 Å². The van der Waals surface area contributed by atoms with E-state index in [1.165, 1.54) is 11.1 Å². The van der Waals surface area contributed by atoms with Crippen molar-refractivity contribution in [1.82, 2.24) is 0 Å². The lowest BCUT2D eigenvalue weighted by molar-refractivity contribution is 0.495. The van der Waals surface area contributed by atoms with E-state index in [1.54, 1.807) is 0 Å². The summed E-state index contributed by atoms with van der Waals surface area (Å²) < 4.78 is 0. The summed E-state index contributed by atoms with van der Waals surface area (Å²) in [5, 5.41) is 1.42. The molecule has 4 aliphatic carbocycles. The van der Waals surface area contributed by atoms with E-state index in [-0.39, 0.29) is 0 Å². The summed E-state index contributed by atoms with van der Waals surface area (Å²) in [4.78, 5) is 40.7. The molecule has 0 saturated heterocycles. The fraction of sp³-hybridized carbons (Fsp3) is 0.455. The van der Waals surface area contributed by atoms with Gasteiger partial charge in [0, 0.05) is 10.6 Å². The van der Waals surface area contributed by atoms with Crippen LogP contribution in [-0.4, -0.2) is 19.6 Å². The molecular weight excluding hydrogens is 390 g/mol. The fourth-order valence-corrected chi connectivity index (χ4v) is 6.88. The minimum Gasteiger partial charge on any atom is -0.347 e. The Morgan fingerprint density at radius 1 is 0.429 bits per heavy atom. The van der Waals surface area contributed by atoms with Crippen LogP contribution in [0, 0.1) is 41.5 Å². The van der Waals surface area contributed by atoms with Crippen LogP contribution >= 0.6 is 16.8 Å². The van der Waals surface area contributed by atoms with Gasteiger partial charge in [-0.1, -0.05) is 0 Å². The van der Waals surface area contributed by atoms with Crippen molar-refractivity contribution in [3.05, 3.63) is 55.6 Å². The van der Waals surface area contributed by atoms with Crippen LogP contribution in [0.4, 0.5) is 0 Å². The highest BCUT2D eigenvalue weighted by molar-refractivity contribution is 7.54. The normalized spacial score (nSPS) is 14.1. The van der Waals surface area contributed by atoms with Crippen LogP contribution in [0.15, 0.2) is 0 Å². The molecule has 0 amide bonds. The first-order valence-corrected chi connectivity index (χ1v) is 12.2. The van der Waals surface area contributed by atoms with Crippen LogP contribution in [0.3, 0.4) is 0 Å². The zero-order valence-electron chi connectivity index (χ0n) is 17.5. The standard InChI is InChI=1S/C22H30O4P2/c1-11-13(3)19-10-8-18-12(2)14(4)20(22(16(18)6)28(25)26)9-7-17(11)15(5)21(19)27(23)24/h23-26H,7-10H2,1-6H3. The molecule has 6 rings (SSSR count). The van der Waals surface area contributed by atoms with Gasteiger partial charge in [0.2, 0.25) is 0 Å². The lowest BCUT2D eigenvalue weighted by Gasteiger charge is -2.27. The molecule has 2 aromatic rings. The predicted octanol–water partition coefficient (Wildman–Crippen LogP) is 3.26. The summed E-state index contributed by atoms with van der Waals surface area (Å²) in [6, 6.07) is 0. The molecule has 0 aliphatic heterocycles. The molecule has 4 bridgehead atoms. The lowest BCUT2D eigenvalue weighted by atomic mass is 9.83. The first kappa shape index (κ1) is 21.8. The number of rotatable bonds is 2. The van der Waals surface area contributed by atoms with Crippen molar-refractivity contribution < 1.29 is 19.6 Å².